The summed E-state index contributed by atoms with van der Waals surface area (Å²) in [6.45, 7) is 5.68. The van der Waals surface area contributed by atoms with E-state index < -0.39 is 0 Å². The highest BCUT2D eigenvalue weighted by molar-refractivity contribution is 6.35. The first kappa shape index (κ1) is 24.8. The zero-order chi connectivity index (χ0) is 26.1. The van der Waals surface area contributed by atoms with Crippen molar-refractivity contribution in [3.63, 3.8) is 0 Å². The van der Waals surface area contributed by atoms with E-state index in [2.05, 4.69) is 15.6 Å². The van der Waals surface area contributed by atoms with Gasteiger partial charge in [-0.05, 0) is 80.6 Å². The van der Waals surface area contributed by atoms with Crippen molar-refractivity contribution in [1.29, 1.82) is 0 Å². The molecule has 0 aliphatic carbocycles. The molecule has 0 saturated carbocycles. The maximum absolute atomic E-state index is 13.2. The number of carbonyl (C=O) groups is 3. The van der Waals surface area contributed by atoms with Gasteiger partial charge in [-0.1, -0.05) is 23.7 Å². The third-order valence-electron chi connectivity index (χ3n) is 7.03. The van der Waals surface area contributed by atoms with Gasteiger partial charge < -0.3 is 20.5 Å². The number of aromatic amines is 1. The number of benzene rings is 2. The third kappa shape index (κ3) is 5.04. The summed E-state index contributed by atoms with van der Waals surface area (Å²) < 4.78 is 0. The van der Waals surface area contributed by atoms with Gasteiger partial charge in [0.1, 0.15) is 0 Å². The molecule has 2 aliphatic rings. The fourth-order valence-electron chi connectivity index (χ4n) is 5.04. The fraction of sp³-hybridized carbons (Fsp3) is 0.276. The van der Waals surface area contributed by atoms with Crippen molar-refractivity contribution >= 4 is 46.7 Å². The molecule has 0 radical (unpaired) electrons. The van der Waals surface area contributed by atoms with Gasteiger partial charge in [-0.2, -0.15) is 0 Å². The molecule has 3 amide bonds. The number of aryl methyl sites for hydroxylation is 1. The first-order chi connectivity index (χ1) is 17.8. The predicted molar refractivity (Wildman–Crippen MR) is 146 cm³/mol. The van der Waals surface area contributed by atoms with Gasteiger partial charge in [-0.15, -0.1) is 0 Å². The highest BCUT2D eigenvalue weighted by Crippen LogP contribution is 2.35. The lowest BCUT2D eigenvalue weighted by atomic mass is 10.0. The SMILES string of the molecule is Cc1[nH]c(/C=C2\C(=O)Nc3ccc(C(=O)NCc4cccc(Cl)c4)cc32)c(C)c1C(=O)N1CCCCC1. The standard InChI is InChI=1S/C29H29ClN4O3/c1-17-25(32-18(2)26(17)29(37)34-11-4-3-5-12-34)15-23-22-14-20(9-10-24(22)33-28(23)36)27(35)31-16-19-7-6-8-21(30)13-19/h6-10,13-15,32H,3-5,11-12,16H2,1-2H3,(H,31,35)(H,33,36)/b23-15-. The van der Waals surface area contributed by atoms with Gasteiger partial charge in [-0.25, -0.2) is 0 Å². The number of carbonyl (C=O) groups excluding carboxylic acids is 3. The minimum absolute atomic E-state index is 0.0329. The van der Waals surface area contributed by atoms with Crippen molar-refractivity contribution in [3.8, 4) is 0 Å². The molecule has 2 aliphatic heterocycles. The molecule has 2 aromatic carbocycles. The van der Waals surface area contributed by atoms with E-state index in [1.165, 1.54) is 0 Å². The van der Waals surface area contributed by atoms with Crippen LogP contribution in [0, 0.1) is 13.8 Å². The molecule has 3 heterocycles. The van der Waals surface area contributed by atoms with E-state index >= 15 is 0 Å². The summed E-state index contributed by atoms with van der Waals surface area (Å²) in [5, 5.41) is 6.38. The summed E-state index contributed by atoms with van der Waals surface area (Å²) in [4.78, 5) is 44.1. The lowest BCUT2D eigenvalue weighted by molar-refractivity contribution is -0.110. The average molecular weight is 517 g/mol. The Labute approximate surface area is 220 Å². The van der Waals surface area contributed by atoms with E-state index in [0.717, 1.165) is 49.2 Å². The van der Waals surface area contributed by atoms with Crippen molar-refractivity contribution in [2.75, 3.05) is 18.4 Å². The number of hydrogen-bond donors (Lipinski definition) is 3. The Hall–Kier alpha value is -3.84. The van der Waals surface area contributed by atoms with Crippen LogP contribution in [-0.4, -0.2) is 40.7 Å². The molecular formula is C29H29ClN4O3. The number of fused-ring (bicyclic) bond motifs is 1. The minimum atomic E-state index is -0.248. The molecule has 37 heavy (non-hydrogen) atoms. The van der Waals surface area contributed by atoms with Crippen molar-refractivity contribution in [1.82, 2.24) is 15.2 Å². The van der Waals surface area contributed by atoms with Crippen LogP contribution in [0.3, 0.4) is 0 Å². The van der Waals surface area contributed by atoms with Crippen LogP contribution in [0.5, 0.6) is 0 Å². The second kappa shape index (κ2) is 10.3. The molecular weight excluding hydrogens is 488 g/mol. The summed E-state index contributed by atoms with van der Waals surface area (Å²) in [5.74, 6) is -0.463. The van der Waals surface area contributed by atoms with Crippen LogP contribution < -0.4 is 10.6 Å². The molecule has 0 atom stereocenters. The Morgan fingerprint density at radius 3 is 2.62 bits per heavy atom. The van der Waals surface area contributed by atoms with E-state index in [4.69, 9.17) is 11.6 Å². The molecule has 1 fully saturated rings. The van der Waals surface area contributed by atoms with Crippen molar-refractivity contribution < 1.29 is 14.4 Å². The maximum Gasteiger partial charge on any atom is 0.256 e. The Morgan fingerprint density at radius 1 is 1.08 bits per heavy atom. The summed E-state index contributed by atoms with van der Waals surface area (Å²) in [7, 11) is 0. The molecule has 0 unspecified atom stereocenters. The van der Waals surface area contributed by atoms with Gasteiger partial charge in [-0.3, -0.25) is 14.4 Å². The van der Waals surface area contributed by atoms with E-state index in [9.17, 15) is 14.4 Å². The van der Waals surface area contributed by atoms with Crippen LogP contribution in [0.4, 0.5) is 5.69 Å². The van der Waals surface area contributed by atoms with Crippen LogP contribution in [0.1, 0.15) is 68.1 Å². The quantitative estimate of drug-likeness (QED) is 0.400. The number of amides is 3. The average Bonchev–Trinajstić information content (AvgIpc) is 3.36. The van der Waals surface area contributed by atoms with Gasteiger partial charge in [0.15, 0.2) is 0 Å². The molecule has 3 N–H and O–H groups in total. The van der Waals surface area contributed by atoms with Crippen molar-refractivity contribution in [3.05, 3.63) is 86.7 Å². The molecule has 190 valence electrons. The summed E-state index contributed by atoms with van der Waals surface area (Å²) in [5.41, 5.74) is 6.07. The Kier molecular flexibility index (Phi) is 6.89. The van der Waals surface area contributed by atoms with Gasteiger partial charge in [0, 0.05) is 52.9 Å². The van der Waals surface area contributed by atoms with Crippen LogP contribution >= 0.6 is 11.6 Å². The number of aromatic nitrogens is 1. The normalized spacial score (nSPS) is 16.0. The molecule has 1 aromatic heterocycles. The number of likely N-dealkylation sites (tertiary alicyclic amines) is 1. The minimum Gasteiger partial charge on any atom is -0.358 e. The monoisotopic (exact) mass is 516 g/mol. The van der Waals surface area contributed by atoms with Crippen LogP contribution in [0.25, 0.3) is 11.6 Å². The second-order valence-corrected chi connectivity index (χ2v) is 10.0. The molecule has 7 nitrogen and oxygen atoms in total. The smallest absolute Gasteiger partial charge is 0.256 e. The second-order valence-electron chi connectivity index (χ2n) is 9.60. The lowest BCUT2D eigenvalue weighted by Crippen LogP contribution is -2.36. The van der Waals surface area contributed by atoms with Gasteiger partial charge >= 0.3 is 0 Å². The van der Waals surface area contributed by atoms with Crippen molar-refractivity contribution in [2.24, 2.45) is 0 Å². The first-order valence-electron chi connectivity index (χ1n) is 12.5. The Bertz CT molecular complexity index is 1430. The lowest BCUT2D eigenvalue weighted by Gasteiger charge is -2.27. The number of hydrogen-bond acceptors (Lipinski definition) is 3. The largest absolute Gasteiger partial charge is 0.358 e. The molecule has 3 aromatic rings. The maximum atomic E-state index is 13.2. The fourth-order valence-corrected chi connectivity index (χ4v) is 5.26. The van der Waals surface area contributed by atoms with Gasteiger partial charge in [0.25, 0.3) is 17.7 Å². The van der Waals surface area contributed by atoms with E-state index in [1.54, 1.807) is 36.4 Å². The van der Waals surface area contributed by atoms with E-state index in [0.29, 0.717) is 45.2 Å². The Morgan fingerprint density at radius 2 is 1.86 bits per heavy atom. The summed E-state index contributed by atoms with van der Waals surface area (Å²) >= 11 is 6.03. The van der Waals surface area contributed by atoms with Gasteiger partial charge in [0.2, 0.25) is 0 Å². The highest BCUT2D eigenvalue weighted by Gasteiger charge is 2.28. The van der Waals surface area contributed by atoms with Crippen molar-refractivity contribution in [2.45, 2.75) is 39.7 Å². The third-order valence-corrected chi connectivity index (χ3v) is 7.26. The topological polar surface area (TPSA) is 94.3 Å². The zero-order valence-corrected chi connectivity index (χ0v) is 21.7. The van der Waals surface area contributed by atoms with Crippen LogP contribution in [0.2, 0.25) is 5.02 Å². The van der Waals surface area contributed by atoms with Gasteiger partial charge in [0.05, 0.1) is 11.1 Å². The molecule has 0 spiro atoms. The van der Waals surface area contributed by atoms with Crippen LogP contribution in [-0.2, 0) is 11.3 Å². The summed E-state index contributed by atoms with van der Waals surface area (Å²) in [6, 6.07) is 12.5. The molecule has 8 heteroatoms. The number of halogens is 1. The van der Waals surface area contributed by atoms with E-state index in [-0.39, 0.29) is 17.7 Å². The van der Waals surface area contributed by atoms with E-state index in [1.807, 2.05) is 30.9 Å². The highest BCUT2D eigenvalue weighted by atomic mass is 35.5. The summed E-state index contributed by atoms with van der Waals surface area (Å²) in [6.07, 6.45) is 4.97. The molecule has 0 bridgehead atoms. The number of nitrogens with one attached hydrogen (secondary N) is 3. The Balaban J connectivity index is 1.40. The molecule has 5 rings (SSSR count). The number of nitrogens with zero attached hydrogens (tertiary/aromatic N) is 1. The molecule has 1 saturated heterocycles. The predicted octanol–water partition coefficient (Wildman–Crippen LogP) is 5.33. The first-order valence-corrected chi connectivity index (χ1v) is 12.9. The zero-order valence-electron chi connectivity index (χ0n) is 20.9. The number of H-pyrrole nitrogens is 1. The van der Waals surface area contributed by atoms with Crippen LogP contribution in [0.15, 0.2) is 42.5 Å². The number of rotatable bonds is 5. The number of piperidine rings is 1. The number of anilines is 1.